The average Bonchev–Trinajstić information content (AvgIpc) is 2.82. The van der Waals surface area contributed by atoms with Crippen LogP contribution in [-0.2, 0) is 0 Å². The number of hydrogen-bond donors (Lipinski definition) is 2. The molecule has 3 nitrogen and oxygen atoms in total. The lowest BCUT2D eigenvalue weighted by Gasteiger charge is -2.28. The minimum Gasteiger partial charge on any atom is -0.345 e. The molecule has 1 saturated carbocycles. The minimum absolute atomic E-state index is 0.192. The molecule has 3 N–H and O–H groups in total. The molecule has 1 aromatic rings. The van der Waals surface area contributed by atoms with E-state index in [0.29, 0.717) is 16.6 Å². The summed E-state index contributed by atoms with van der Waals surface area (Å²) in [7, 11) is 0. The summed E-state index contributed by atoms with van der Waals surface area (Å²) < 4.78 is 13.4. The number of carbonyl (C=O) groups excluding carboxylic acids is 1. The van der Waals surface area contributed by atoms with Crippen LogP contribution in [0.4, 0.5) is 4.39 Å². The number of nitrogens with two attached hydrogens (primary N) is 1. The molecule has 1 fully saturated rings. The number of benzene rings is 1. The minimum atomic E-state index is -0.374. The van der Waals surface area contributed by atoms with Crippen LogP contribution in [0.3, 0.4) is 0 Å². The van der Waals surface area contributed by atoms with Gasteiger partial charge in [-0.15, -0.1) is 0 Å². The van der Waals surface area contributed by atoms with Crippen LogP contribution in [0.15, 0.2) is 22.7 Å². The molecular weight excluding hydrogens is 299 g/mol. The van der Waals surface area contributed by atoms with Gasteiger partial charge < -0.3 is 11.1 Å². The zero-order chi connectivity index (χ0) is 13.2. The lowest BCUT2D eigenvalue weighted by molar-refractivity contribution is 0.0903. The predicted molar refractivity (Wildman–Crippen MR) is 71.8 cm³/mol. The molecule has 1 aliphatic rings. The van der Waals surface area contributed by atoms with E-state index >= 15 is 0 Å². The van der Waals surface area contributed by atoms with Crippen LogP contribution >= 0.6 is 15.9 Å². The van der Waals surface area contributed by atoms with Crippen LogP contribution in [0.2, 0.25) is 0 Å². The second-order valence-electron chi connectivity index (χ2n) is 4.77. The summed E-state index contributed by atoms with van der Waals surface area (Å²) in [5, 5.41) is 3.00. The van der Waals surface area contributed by atoms with Gasteiger partial charge in [-0.1, -0.05) is 12.8 Å². The highest BCUT2D eigenvalue weighted by Gasteiger charge is 2.34. The summed E-state index contributed by atoms with van der Waals surface area (Å²) in [4.78, 5) is 12.1. The summed E-state index contributed by atoms with van der Waals surface area (Å²) >= 11 is 3.08. The molecule has 1 aromatic carbocycles. The molecule has 0 aliphatic heterocycles. The maximum absolute atomic E-state index is 13.1. The SMILES string of the molecule is NCC1(NC(=O)c2ccc(F)c(Br)c2)CCCC1. The third-order valence-corrected chi connectivity index (χ3v) is 4.12. The van der Waals surface area contributed by atoms with Crippen molar-refractivity contribution < 1.29 is 9.18 Å². The van der Waals surface area contributed by atoms with E-state index in [2.05, 4.69) is 21.2 Å². The lowest BCUT2D eigenvalue weighted by atomic mass is 9.97. The molecule has 1 aliphatic carbocycles. The van der Waals surface area contributed by atoms with Gasteiger partial charge in [0.25, 0.3) is 5.91 Å². The highest BCUT2D eigenvalue weighted by molar-refractivity contribution is 9.10. The Kier molecular flexibility index (Phi) is 4.02. The van der Waals surface area contributed by atoms with Crippen molar-refractivity contribution in [3.63, 3.8) is 0 Å². The van der Waals surface area contributed by atoms with Crippen LogP contribution in [0.1, 0.15) is 36.0 Å². The van der Waals surface area contributed by atoms with Gasteiger partial charge in [-0.2, -0.15) is 0 Å². The standard InChI is InChI=1S/C13H16BrFN2O/c14-10-7-9(3-4-11(10)15)12(18)17-13(8-16)5-1-2-6-13/h3-4,7H,1-2,5-6,8,16H2,(H,17,18). The zero-order valence-corrected chi connectivity index (χ0v) is 11.6. The molecule has 0 saturated heterocycles. The molecule has 0 atom stereocenters. The van der Waals surface area contributed by atoms with Crippen molar-refractivity contribution in [2.24, 2.45) is 5.73 Å². The maximum atomic E-state index is 13.1. The number of carbonyl (C=O) groups is 1. The Bertz CT molecular complexity index is 458. The number of halogens is 2. The number of hydrogen-bond acceptors (Lipinski definition) is 2. The van der Waals surface area contributed by atoms with Gasteiger partial charge >= 0.3 is 0 Å². The summed E-state index contributed by atoms with van der Waals surface area (Å²) in [6, 6.07) is 4.25. The number of rotatable bonds is 3. The van der Waals surface area contributed by atoms with Crippen molar-refractivity contribution in [2.75, 3.05) is 6.54 Å². The van der Waals surface area contributed by atoms with Gasteiger partial charge in [0.1, 0.15) is 5.82 Å². The lowest BCUT2D eigenvalue weighted by Crippen LogP contribution is -2.51. The molecule has 5 heteroatoms. The third-order valence-electron chi connectivity index (χ3n) is 3.51. The van der Waals surface area contributed by atoms with Crippen molar-refractivity contribution in [3.8, 4) is 0 Å². The van der Waals surface area contributed by atoms with E-state index in [1.807, 2.05) is 0 Å². The van der Waals surface area contributed by atoms with E-state index < -0.39 is 0 Å². The van der Waals surface area contributed by atoms with Crippen molar-refractivity contribution >= 4 is 21.8 Å². The largest absolute Gasteiger partial charge is 0.345 e. The van der Waals surface area contributed by atoms with Gasteiger partial charge in [0, 0.05) is 12.1 Å². The molecule has 0 aromatic heterocycles. The van der Waals surface area contributed by atoms with Crippen molar-refractivity contribution in [2.45, 2.75) is 31.2 Å². The Hall–Kier alpha value is -0.940. The van der Waals surface area contributed by atoms with Gasteiger partial charge in [-0.3, -0.25) is 4.79 Å². The molecule has 2 rings (SSSR count). The molecular formula is C13H16BrFN2O. The molecule has 0 unspecified atom stereocenters. The molecule has 0 bridgehead atoms. The van der Waals surface area contributed by atoms with Crippen LogP contribution in [-0.4, -0.2) is 18.0 Å². The third kappa shape index (κ3) is 2.72. The molecule has 18 heavy (non-hydrogen) atoms. The maximum Gasteiger partial charge on any atom is 0.251 e. The van der Waals surface area contributed by atoms with E-state index in [-0.39, 0.29) is 17.3 Å². The van der Waals surface area contributed by atoms with E-state index in [1.165, 1.54) is 18.2 Å². The zero-order valence-electron chi connectivity index (χ0n) is 10.0. The highest BCUT2D eigenvalue weighted by atomic mass is 79.9. The monoisotopic (exact) mass is 314 g/mol. The number of nitrogens with one attached hydrogen (secondary N) is 1. The fourth-order valence-corrected chi connectivity index (χ4v) is 2.76. The average molecular weight is 315 g/mol. The first-order valence-electron chi connectivity index (χ1n) is 6.04. The Morgan fingerprint density at radius 1 is 1.44 bits per heavy atom. The summed E-state index contributed by atoms with van der Waals surface area (Å²) in [6.07, 6.45) is 4.00. The van der Waals surface area contributed by atoms with Gasteiger partial charge in [-0.05, 0) is 47.0 Å². The van der Waals surface area contributed by atoms with E-state index in [0.717, 1.165) is 25.7 Å². The van der Waals surface area contributed by atoms with Gasteiger partial charge in [0.15, 0.2) is 0 Å². The first-order valence-corrected chi connectivity index (χ1v) is 6.83. The predicted octanol–water partition coefficient (Wildman–Crippen LogP) is 2.59. The smallest absolute Gasteiger partial charge is 0.251 e. The topological polar surface area (TPSA) is 55.1 Å². The molecule has 98 valence electrons. The van der Waals surface area contributed by atoms with E-state index in [1.54, 1.807) is 0 Å². The Balaban J connectivity index is 2.13. The molecule has 0 heterocycles. The summed E-state index contributed by atoms with van der Waals surface area (Å²) in [5.41, 5.74) is 5.93. The summed E-state index contributed by atoms with van der Waals surface area (Å²) in [5.74, 6) is -0.566. The van der Waals surface area contributed by atoms with Crippen molar-refractivity contribution in [1.29, 1.82) is 0 Å². The van der Waals surface area contributed by atoms with Crippen molar-refractivity contribution in [3.05, 3.63) is 34.1 Å². The normalized spacial score (nSPS) is 17.7. The molecule has 1 amide bonds. The molecule has 0 radical (unpaired) electrons. The second-order valence-corrected chi connectivity index (χ2v) is 5.63. The number of amides is 1. The van der Waals surface area contributed by atoms with Crippen LogP contribution in [0.25, 0.3) is 0 Å². The summed E-state index contributed by atoms with van der Waals surface area (Å²) in [6.45, 7) is 0.446. The first-order chi connectivity index (χ1) is 8.56. The van der Waals surface area contributed by atoms with Crippen LogP contribution in [0, 0.1) is 5.82 Å². The van der Waals surface area contributed by atoms with E-state index in [9.17, 15) is 9.18 Å². The highest BCUT2D eigenvalue weighted by Crippen LogP contribution is 2.29. The fourth-order valence-electron chi connectivity index (χ4n) is 2.38. The Morgan fingerprint density at radius 3 is 2.67 bits per heavy atom. The fraction of sp³-hybridized carbons (Fsp3) is 0.462. The quantitative estimate of drug-likeness (QED) is 0.901. The van der Waals surface area contributed by atoms with Gasteiger partial charge in [0.2, 0.25) is 0 Å². The van der Waals surface area contributed by atoms with Gasteiger partial charge in [0.05, 0.1) is 10.0 Å². The first kappa shape index (κ1) is 13.5. The molecule has 0 spiro atoms. The Morgan fingerprint density at radius 2 is 2.11 bits per heavy atom. The van der Waals surface area contributed by atoms with Crippen LogP contribution < -0.4 is 11.1 Å². The van der Waals surface area contributed by atoms with Crippen molar-refractivity contribution in [1.82, 2.24) is 5.32 Å². The Labute approximate surface area is 114 Å². The second kappa shape index (κ2) is 5.36. The van der Waals surface area contributed by atoms with Gasteiger partial charge in [-0.25, -0.2) is 4.39 Å². The van der Waals surface area contributed by atoms with E-state index in [4.69, 9.17) is 5.73 Å². The van der Waals surface area contributed by atoms with Crippen LogP contribution in [0.5, 0.6) is 0 Å².